The van der Waals surface area contributed by atoms with Crippen LogP contribution in [0.15, 0.2) is 11.6 Å². The van der Waals surface area contributed by atoms with Crippen LogP contribution in [-0.4, -0.2) is 35.6 Å². The van der Waals surface area contributed by atoms with Crippen molar-refractivity contribution >= 4 is 0 Å². The molecule has 3 heteroatoms. The third-order valence-corrected chi connectivity index (χ3v) is 6.33. The molecule has 0 bridgehead atoms. The highest BCUT2D eigenvalue weighted by Gasteiger charge is 2.65. The minimum Gasteiger partial charge on any atom is -0.396 e. The predicted molar refractivity (Wildman–Crippen MR) is 90.8 cm³/mol. The number of aliphatic hydroxyl groups is 1. The molecule has 128 valence electrons. The van der Waals surface area contributed by atoms with Gasteiger partial charge in [-0.2, -0.15) is 0 Å². The quantitative estimate of drug-likeness (QED) is 0.481. The predicted octanol–water partition coefficient (Wildman–Crippen LogP) is 3.17. The van der Waals surface area contributed by atoms with Crippen molar-refractivity contribution < 1.29 is 14.6 Å². The van der Waals surface area contributed by atoms with Crippen LogP contribution < -0.4 is 0 Å². The number of hydrogen-bond acceptors (Lipinski definition) is 3. The van der Waals surface area contributed by atoms with Crippen LogP contribution in [-0.2, 0) is 9.47 Å². The third kappa shape index (κ3) is 2.76. The SMILES string of the molecule is C#CC[C@H]1O[C@@H]([C@@]2(C)O[C@@H]2CCO)[C@H]2[C@@H]1C(C)=CC[C@@H]2C(C)C. The van der Waals surface area contributed by atoms with Crippen molar-refractivity contribution in [1.82, 2.24) is 0 Å². The number of hydrogen-bond donors (Lipinski definition) is 1. The van der Waals surface area contributed by atoms with Crippen molar-refractivity contribution in [3.05, 3.63) is 11.6 Å². The Kier molecular flexibility index (Phi) is 4.62. The molecule has 1 aliphatic carbocycles. The Labute approximate surface area is 140 Å². The Morgan fingerprint density at radius 3 is 2.83 bits per heavy atom. The molecule has 0 aromatic rings. The van der Waals surface area contributed by atoms with E-state index in [4.69, 9.17) is 15.9 Å². The summed E-state index contributed by atoms with van der Waals surface area (Å²) in [6, 6.07) is 0. The van der Waals surface area contributed by atoms with Gasteiger partial charge in [0.2, 0.25) is 0 Å². The van der Waals surface area contributed by atoms with Gasteiger partial charge in [0.05, 0.1) is 18.3 Å². The highest BCUT2D eigenvalue weighted by atomic mass is 16.6. The Hall–Kier alpha value is -0.820. The first-order valence-electron chi connectivity index (χ1n) is 8.98. The number of terminal acetylenes is 1. The van der Waals surface area contributed by atoms with E-state index in [0.29, 0.717) is 36.5 Å². The fraction of sp³-hybridized carbons (Fsp3) is 0.800. The maximum atomic E-state index is 9.25. The van der Waals surface area contributed by atoms with Crippen LogP contribution in [0.25, 0.3) is 0 Å². The van der Waals surface area contributed by atoms with Gasteiger partial charge >= 0.3 is 0 Å². The van der Waals surface area contributed by atoms with Crippen LogP contribution in [0.1, 0.15) is 47.0 Å². The maximum Gasteiger partial charge on any atom is 0.118 e. The molecule has 7 atom stereocenters. The molecule has 0 amide bonds. The third-order valence-electron chi connectivity index (χ3n) is 6.33. The molecular formula is C20H30O3. The molecule has 2 aliphatic heterocycles. The molecule has 2 heterocycles. The summed E-state index contributed by atoms with van der Waals surface area (Å²) in [6.45, 7) is 9.16. The average molecular weight is 318 g/mol. The van der Waals surface area contributed by atoms with Crippen molar-refractivity contribution in [2.75, 3.05) is 6.61 Å². The Morgan fingerprint density at radius 2 is 2.22 bits per heavy atom. The Bertz CT molecular complexity index is 517. The molecule has 0 spiro atoms. The minimum atomic E-state index is -0.264. The summed E-state index contributed by atoms with van der Waals surface area (Å²) < 4.78 is 12.5. The van der Waals surface area contributed by atoms with Crippen LogP contribution in [0.5, 0.6) is 0 Å². The van der Waals surface area contributed by atoms with E-state index in [1.165, 1.54) is 5.57 Å². The summed E-state index contributed by atoms with van der Waals surface area (Å²) in [5, 5.41) is 9.25. The number of aliphatic hydroxyl groups excluding tert-OH is 1. The summed E-state index contributed by atoms with van der Waals surface area (Å²) in [4.78, 5) is 0. The van der Waals surface area contributed by atoms with Crippen molar-refractivity contribution in [3.63, 3.8) is 0 Å². The standard InChI is InChI=1S/C20H30O3/c1-6-7-15-17-13(4)8-9-14(12(2)3)18(17)19(22-15)20(5)16(23-20)10-11-21/h1,8,12,14-19,21H,7,9-11H2,2-5H3/t14-,15-,16-,17-,18-,19-,20+/m1/s1. The molecule has 3 aliphatic rings. The zero-order chi connectivity index (χ0) is 16.8. The topological polar surface area (TPSA) is 42.0 Å². The zero-order valence-corrected chi connectivity index (χ0v) is 14.8. The maximum absolute atomic E-state index is 9.25. The van der Waals surface area contributed by atoms with Gasteiger partial charge in [0.25, 0.3) is 0 Å². The van der Waals surface area contributed by atoms with Crippen LogP contribution in [0, 0.1) is 36.0 Å². The van der Waals surface area contributed by atoms with Crippen LogP contribution in [0.2, 0.25) is 0 Å². The lowest BCUT2D eigenvalue weighted by Crippen LogP contribution is -2.42. The fourth-order valence-electron chi connectivity index (χ4n) is 5.01. The summed E-state index contributed by atoms with van der Waals surface area (Å²) in [6.07, 6.45) is 10.8. The van der Waals surface area contributed by atoms with Crippen LogP contribution in [0.3, 0.4) is 0 Å². The zero-order valence-electron chi connectivity index (χ0n) is 14.8. The molecule has 3 rings (SSSR count). The molecule has 0 aromatic heterocycles. The van der Waals surface area contributed by atoms with Crippen molar-refractivity contribution in [2.24, 2.45) is 23.7 Å². The van der Waals surface area contributed by atoms with Gasteiger partial charge in [-0.1, -0.05) is 25.5 Å². The van der Waals surface area contributed by atoms with Crippen LogP contribution >= 0.6 is 0 Å². The van der Waals surface area contributed by atoms with Gasteiger partial charge in [-0.25, -0.2) is 0 Å². The average Bonchev–Trinajstić information content (AvgIpc) is 2.98. The fourth-order valence-corrected chi connectivity index (χ4v) is 5.01. The number of epoxide rings is 1. The van der Waals surface area contributed by atoms with Gasteiger partial charge in [0, 0.05) is 24.9 Å². The van der Waals surface area contributed by atoms with E-state index in [9.17, 15) is 5.11 Å². The van der Waals surface area contributed by atoms with E-state index in [0.717, 1.165) is 6.42 Å². The van der Waals surface area contributed by atoms with E-state index in [-0.39, 0.29) is 30.5 Å². The Balaban J connectivity index is 1.91. The molecule has 0 unspecified atom stereocenters. The van der Waals surface area contributed by atoms with Gasteiger partial charge < -0.3 is 14.6 Å². The second-order valence-corrected chi connectivity index (χ2v) is 8.00. The molecule has 2 saturated heterocycles. The van der Waals surface area contributed by atoms with Crippen molar-refractivity contribution in [2.45, 2.75) is 70.9 Å². The number of ether oxygens (including phenoxy) is 2. The first kappa shape index (κ1) is 17.0. The largest absolute Gasteiger partial charge is 0.396 e. The van der Waals surface area contributed by atoms with E-state index in [2.05, 4.69) is 39.7 Å². The second kappa shape index (κ2) is 6.24. The molecular weight excluding hydrogens is 288 g/mol. The smallest absolute Gasteiger partial charge is 0.118 e. The molecule has 0 radical (unpaired) electrons. The van der Waals surface area contributed by atoms with E-state index in [1.807, 2.05) is 0 Å². The van der Waals surface area contributed by atoms with E-state index in [1.54, 1.807) is 0 Å². The lowest BCUT2D eigenvalue weighted by molar-refractivity contribution is -0.0209. The first-order chi connectivity index (χ1) is 10.9. The summed E-state index contributed by atoms with van der Waals surface area (Å²) in [7, 11) is 0. The molecule has 1 N–H and O–H groups in total. The highest BCUT2D eigenvalue weighted by molar-refractivity contribution is 5.23. The lowest BCUT2D eigenvalue weighted by atomic mass is 9.64. The van der Waals surface area contributed by atoms with Crippen molar-refractivity contribution in [1.29, 1.82) is 0 Å². The normalized spacial score (nSPS) is 45.5. The number of allylic oxidation sites excluding steroid dienone is 1. The molecule has 0 saturated carbocycles. The van der Waals surface area contributed by atoms with Gasteiger partial charge in [-0.05, 0) is 38.5 Å². The van der Waals surface area contributed by atoms with Gasteiger partial charge in [0.15, 0.2) is 0 Å². The van der Waals surface area contributed by atoms with E-state index < -0.39 is 0 Å². The Morgan fingerprint density at radius 1 is 1.48 bits per heavy atom. The molecule has 0 aromatic carbocycles. The number of fused-ring (bicyclic) bond motifs is 1. The number of rotatable bonds is 5. The van der Waals surface area contributed by atoms with Gasteiger partial charge in [-0.3, -0.25) is 0 Å². The highest BCUT2D eigenvalue weighted by Crippen LogP contribution is 2.57. The van der Waals surface area contributed by atoms with Crippen LogP contribution in [0.4, 0.5) is 0 Å². The minimum absolute atomic E-state index is 0.0819. The van der Waals surface area contributed by atoms with Crippen molar-refractivity contribution in [3.8, 4) is 12.3 Å². The molecule has 2 fully saturated rings. The molecule has 3 nitrogen and oxygen atoms in total. The lowest BCUT2D eigenvalue weighted by Gasteiger charge is -2.39. The van der Waals surface area contributed by atoms with Gasteiger partial charge in [0.1, 0.15) is 5.60 Å². The first-order valence-corrected chi connectivity index (χ1v) is 8.98. The van der Waals surface area contributed by atoms with E-state index >= 15 is 0 Å². The van der Waals surface area contributed by atoms with Gasteiger partial charge in [-0.15, -0.1) is 12.3 Å². The summed E-state index contributed by atoms with van der Waals surface area (Å²) >= 11 is 0. The molecule has 23 heavy (non-hydrogen) atoms. The summed E-state index contributed by atoms with van der Waals surface area (Å²) in [5.74, 6) is 4.89. The monoisotopic (exact) mass is 318 g/mol. The second-order valence-electron chi connectivity index (χ2n) is 8.00. The summed E-state index contributed by atoms with van der Waals surface area (Å²) in [5.41, 5.74) is 1.16.